The van der Waals surface area contributed by atoms with Crippen molar-refractivity contribution in [3.8, 4) is 0 Å². The quantitative estimate of drug-likeness (QED) is 0.0584. The van der Waals surface area contributed by atoms with E-state index in [4.69, 9.17) is 9.47 Å². The van der Waals surface area contributed by atoms with Crippen molar-refractivity contribution in [2.75, 3.05) is 13.2 Å². The van der Waals surface area contributed by atoms with E-state index in [1.165, 1.54) is 70.6 Å². The molecule has 0 aliphatic heterocycles. The third kappa shape index (κ3) is 18.1. The summed E-state index contributed by atoms with van der Waals surface area (Å²) in [5.41, 5.74) is 0. The molecule has 0 saturated carbocycles. The van der Waals surface area contributed by atoms with Gasteiger partial charge in [-0.2, -0.15) is 0 Å². The van der Waals surface area contributed by atoms with E-state index in [9.17, 15) is 9.59 Å². The minimum Gasteiger partial charge on any atom is -0.465 e. The molecular weight excluding hydrogens is 508 g/mol. The highest BCUT2D eigenvalue weighted by Crippen LogP contribution is 2.35. The Hall–Kier alpha value is -1.32. The van der Waals surface area contributed by atoms with E-state index in [2.05, 4.69) is 46.8 Å². The minimum atomic E-state index is -0.0231. The molecule has 1 aliphatic carbocycles. The fraction of sp³-hybridized carbons (Fsp3) is 0.892. The molecule has 41 heavy (non-hydrogen) atoms. The van der Waals surface area contributed by atoms with E-state index in [1.807, 2.05) is 0 Å². The van der Waals surface area contributed by atoms with E-state index in [0.717, 1.165) is 57.8 Å². The molecule has 0 spiro atoms. The number of allylic oxidation sites excluding steroid dienone is 2. The van der Waals surface area contributed by atoms with Crippen molar-refractivity contribution < 1.29 is 19.1 Å². The molecule has 1 aliphatic rings. The van der Waals surface area contributed by atoms with Crippen LogP contribution in [0.5, 0.6) is 0 Å². The molecule has 0 aromatic rings. The molecule has 0 radical (unpaired) electrons. The topological polar surface area (TPSA) is 52.6 Å². The van der Waals surface area contributed by atoms with Crippen molar-refractivity contribution in [1.29, 1.82) is 0 Å². The predicted molar refractivity (Wildman–Crippen MR) is 174 cm³/mol. The fourth-order valence-electron chi connectivity index (χ4n) is 6.20. The Labute approximate surface area is 255 Å². The summed E-state index contributed by atoms with van der Waals surface area (Å²) in [6.07, 6.45) is 28.4. The standard InChI is InChI=1S/C37H68O4/c1-6-11-14-19-24-34-27-26-33(28-35(34)37(39)41-30-32(10-5)22-13-8-3)23-18-16-15-17-20-25-36(38)40-29-31(9-4)21-12-7-2/h26-27,31-35H,6-25,28-30H2,1-5H3. The maximum Gasteiger partial charge on any atom is 0.309 e. The lowest BCUT2D eigenvalue weighted by Crippen LogP contribution is -2.31. The van der Waals surface area contributed by atoms with E-state index < -0.39 is 0 Å². The van der Waals surface area contributed by atoms with Crippen LogP contribution in [0.15, 0.2) is 12.2 Å². The first kappa shape index (κ1) is 37.7. The first-order valence-corrected chi connectivity index (χ1v) is 18.0. The molecule has 1 rings (SSSR count). The van der Waals surface area contributed by atoms with Gasteiger partial charge in [-0.15, -0.1) is 0 Å². The summed E-state index contributed by atoms with van der Waals surface area (Å²) in [4.78, 5) is 25.4. The Morgan fingerprint density at radius 2 is 1.22 bits per heavy atom. The minimum absolute atomic E-state index is 0.0231. The van der Waals surface area contributed by atoms with Gasteiger partial charge < -0.3 is 9.47 Å². The number of hydrogen-bond donors (Lipinski definition) is 0. The highest BCUT2D eigenvalue weighted by atomic mass is 16.5. The molecule has 4 nitrogen and oxygen atoms in total. The van der Waals surface area contributed by atoms with Crippen LogP contribution in [0.1, 0.15) is 169 Å². The van der Waals surface area contributed by atoms with Crippen LogP contribution >= 0.6 is 0 Å². The van der Waals surface area contributed by atoms with Crippen LogP contribution in [0.3, 0.4) is 0 Å². The van der Waals surface area contributed by atoms with Gasteiger partial charge in [0.05, 0.1) is 19.1 Å². The summed E-state index contributed by atoms with van der Waals surface area (Å²) >= 11 is 0. The monoisotopic (exact) mass is 577 g/mol. The lowest BCUT2D eigenvalue weighted by Gasteiger charge is -2.31. The van der Waals surface area contributed by atoms with Crippen LogP contribution in [0, 0.1) is 29.6 Å². The van der Waals surface area contributed by atoms with Gasteiger partial charge in [0, 0.05) is 6.42 Å². The lowest BCUT2D eigenvalue weighted by atomic mass is 9.75. The van der Waals surface area contributed by atoms with E-state index >= 15 is 0 Å². The number of hydrogen-bond acceptors (Lipinski definition) is 4. The van der Waals surface area contributed by atoms with Crippen molar-refractivity contribution >= 4 is 11.9 Å². The Morgan fingerprint density at radius 3 is 1.85 bits per heavy atom. The second-order valence-electron chi connectivity index (χ2n) is 13.0. The number of rotatable bonds is 26. The molecule has 0 N–H and O–H groups in total. The summed E-state index contributed by atoms with van der Waals surface area (Å²) in [6.45, 7) is 12.3. The number of unbranched alkanes of at least 4 members (excludes halogenated alkanes) is 9. The molecule has 4 heteroatoms. The van der Waals surface area contributed by atoms with Crippen LogP contribution in [-0.2, 0) is 19.1 Å². The molecule has 240 valence electrons. The van der Waals surface area contributed by atoms with Crippen LogP contribution in [0.25, 0.3) is 0 Å². The van der Waals surface area contributed by atoms with Gasteiger partial charge in [0.2, 0.25) is 0 Å². The Kier molecular flexibility index (Phi) is 23.2. The first-order chi connectivity index (χ1) is 20.0. The van der Waals surface area contributed by atoms with Gasteiger partial charge in [-0.05, 0) is 62.2 Å². The van der Waals surface area contributed by atoms with Crippen LogP contribution in [-0.4, -0.2) is 25.2 Å². The normalized spacial score (nSPS) is 20.1. The average Bonchev–Trinajstić information content (AvgIpc) is 2.99. The van der Waals surface area contributed by atoms with Crippen LogP contribution in [0.2, 0.25) is 0 Å². The van der Waals surface area contributed by atoms with E-state index in [0.29, 0.717) is 43.3 Å². The van der Waals surface area contributed by atoms with Crippen molar-refractivity contribution in [1.82, 2.24) is 0 Å². The maximum absolute atomic E-state index is 13.3. The molecule has 0 aromatic carbocycles. The average molecular weight is 577 g/mol. The molecular formula is C37H68O4. The molecule has 0 fully saturated rings. The number of carbonyl (C=O) groups is 2. The Balaban J connectivity index is 2.39. The zero-order valence-corrected chi connectivity index (χ0v) is 27.9. The Morgan fingerprint density at radius 1 is 0.659 bits per heavy atom. The van der Waals surface area contributed by atoms with Gasteiger partial charge in [-0.3, -0.25) is 9.59 Å². The SMILES string of the molecule is CCCCCCC1C=CC(CCCCCCCC(=O)OCC(CC)CCCC)CC1C(=O)OCC(CC)CCCC. The van der Waals surface area contributed by atoms with Gasteiger partial charge in [0.1, 0.15) is 0 Å². The van der Waals surface area contributed by atoms with E-state index in [-0.39, 0.29) is 17.9 Å². The first-order valence-electron chi connectivity index (χ1n) is 18.0. The molecule has 0 amide bonds. The summed E-state index contributed by atoms with van der Waals surface area (Å²) in [6, 6.07) is 0. The smallest absolute Gasteiger partial charge is 0.309 e. The lowest BCUT2D eigenvalue weighted by molar-refractivity contribution is -0.152. The van der Waals surface area contributed by atoms with Crippen molar-refractivity contribution in [3.05, 3.63) is 12.2 Å². The maximum atomic E-state index is 13.3. The van der Waals surface area contributed by atoms with Crippen LogP contribution < -0.4 is 0 Å². The van der Waals surface area contributed by atoms with Gasteiger partial charge in [0.25, 0.3) is 0 Å². The third-order valence-corrected chi connectivity index (χ3v) is 9.38. The molecule has 0 saturated heterocycles. The van der Waals surface area contributed by atoms with E-state index in [1.54, 1.807) is 0 Å². The fourth-order valence-corrected chi connectivity index (χ4v) is 6.20. The molecule has 0 aromatic heterocycles. The van der Waals surface area contributed by atoms with Gasteiger partial charge >= 0.3 is 11.9 Å². The summed E-state index contributed by atoms with van der Waals surface area (Å²) < 4.78 is 11.5. The van der Waals surface area contributed by atoms with Crippen molar-refractivity contribution in [2.24, 2.45) is 29.6 Å². The molecule has 5 atom stereocenters. The largest absolute Gasteiger partial charge is 0.465 e. The third-order valence-electron chi connectivity index (χ3n) is 9.38. The van der Waals surface area contributed by atoms with Crippen molar-refractivity contribution in [2.45, 2.75) is 169 Å². The summed E-state index contributed by atoms with van der Waals surface area (Å²) in [5, 5.41) is 0. The zero-order valence-electron chi connectivity index (χ0n) is 27.9. The number of carbonyl (C=O) groups excluding carboxylic acids is 2. The molecule has 0 heterocycles. The zero-order chi connectivity index (χ0) is 30.1. The highest BCUT2D eigenvalue weighted by Gasteiger charge is 2.33. The number of esters is 2. The van der Waals surface area contributed by atoms with Crippen molar-refractivity contribution in [3.63, 3.8) is 0 Å². The second-order valence-corrected chi connectivity index (χ2v) is 13.0. The van der Waals surface area contributed by atoms with Gasteiger partial charge in [-0.25, -0.2) is 0 Å². The summed E-state index contributed by atoms with van der Waals surface area (Å²) in [5.74, 6) is 1.89. The second kappa shape index (κ2) is 25.2. The number of ether oxygens (including phenoxy) is 2. The molecule has 5 unspecified atom stereocenters. The van der Waals surface area contributed by atoms with Gasteiger partial charge in [0.15, 0.2) is 0 Å². The van der Waals surface area contributed by atoms with Crippen LogP contribution in [0.4, 0.5) is 0 Å². The van der Waals surface area contributed by atoms with Gasteiger partial charge in [-0.1, -0.05) is 137 Å². The summed E-state index contributed by atoms with van der Waals surface area (Å²) in [7, 11) is 0. The Bertz CT molecular complexity index is 672. The predicted octanol–water partition coefficient (Wildman–Crippen LogP) is 11.0. The highest BCUT2D eigenvalue weighted by molar-refractivity contribution is 5.73. The molecule has 0 bridgehead atoms.